The van der Waals surface area contributed by atoms with E-state index in [0.717, 1.165) is 18.2 Å². The lowest BCUT2D eigenvalue weighted by molar-refractivity contribution is 0.155. The van der Waals surface area contributed by atoms with Gasteiger partial charge in [-0.1, -0.05) is 20.8 Å². The number of anilines is 1. The van der Waals surface area contributed by atoms with Crippen LogP contribution in [0.15, 0.2) is 12.4 Å². The number of hydrogen-bond acceptors (Lipinski definition) is 3. The topological polar surface area (TPSA) is 39.1 Å². The predicted molar refractivity (Wildman–Crippen MR) is 80.7 cm³/mol. The number of nitrogens with one attached hydrogen (secondary N) is 1. The van der Waals surface area contributed by atoms with Crippen molar-refractivity contribution in [2.45, 2.75) is 52.6 Å². The van der Waals surface area contributed by atoms with Crippen molar-refractivity contribution in [3.8, 4) is 0 Å². The monoisotopic (exact) mass is 277 g/mol. The van der Waals surface area contributed by atoms with Crippen LogP contribution in [-0.2, 0) is 11.3 Å². The van der Waals surface area contributed by atoms with E-state index in [1.807, 2.05) is 10.9 Å². The standard InChI is InChI=1S/C16H27N3O/c1-15(2)12-5-6-16(3,9-12)14(15)18-13-10-17-19(11-13)7-8-20-4/h10-12,14,18H,5-9H2,1-4H3/t12-,14?,16+/m0/s1. The number of nitrogens with zero attached hydrogens (tertiary/aromatic N) is 2. The molecule has 4 nitrogen and oxygen atoms in total. The van der Waals surface area contributed by atoms with Gasteiger partial charge in [0.25, 0.3) is 0 Å². The number of rotatable bonds is 5. The van der Waals surface area contributed by atoms with Crippen LogP contribution in [0.4, 0.5) is 5.69 Å². The lowest BCUT2D eigenvalue weighted by Crippen LogP contribution is -2.45. The minimum absolute atomic E-state index is 0.377. The van der Waals surface area contributed by atoms with Gasteiger partial charge >= 0.3 is 0 Å². The molecular weight excluding hydrogens is 250 g/mol. The van der Waals surface area contributed by atoms with Crippen molar-refractivity contribution in [3.63, 3.8) is 0 Å². The molecule has 1 aromatic rings. The average molecular weight is 277 g/mol. The highest BCUT2D eigenvalue weighted by molar-refractivity contribution is 5.42. The van der Waals surface area contributed by atoms with Crippen molar-refractivity contribution in [2.24, 2.45) is 16.7 Å². The molecule has 2 aliphatic rings. The first kappa shape index (κ1) is 13.9. The molecule has 112 valence electrons. The van der Waals surface area contributed by atoms with Gasteiger partial charge in [0, 0.05) is 19.3 Å². The molecule has 3 rings (SSSR count). The number of methoxy groups -OCH3 is 1. The molecule has 1 aromatic heterocycles. The molecule has 4 heteroatoms. The van der Waals surface area contributed by atoms with Crippen molar-refractivity contribution in [3.05, 3.63) is 12.4 Å². The summed E-state index contributed by atoms with van der Waals surface area (Å²) in [6, 6.07) is 0.550. The smallest absolute Gasteiger partial charge is 0.0729 e. The van der Waals surface area contributed by atoms with E-state index in [1.165, 1.54) is 19.3 Å². The molecule has 0 amide bonds. The summed E-state index contributed by atoms with van der Waals surface area (Å²) in [5.74, 6) is 0.869. The third-order valence-corrected chi connectivity index (χ3v) is 5.74. The van der Waals surface area contributed by atoms with Gasteiger partial charge in [0.05, 0.1) is 25.0 Å². The van der Waals surface area contributed by atoms with Gasteiger partial charge in [0.1, 0.15) is 0 Å². The molecular formula is C16H27N3O. The Labute approximate surface area is 121 Å². The highest BCUT2D eigenvalue weighted by Crippen LogP contribution is 2.63. The van der Waals surface area contributed by atoms with Gasteiger partial charge in [0.15, 0.2) is 0 Å². The van der Waals surface area contributed by atoms with Crippen LogP contribution >= 0.6 is 0 Å². The summed E-state index contributed by atoms with van der Waals surface area (Å²) in [6.07, 6.45) is 8.17. The maximum Gasteiger partial charge on any atom is 0.0729 e. The molecule has 20 heavy (non-hydrogen) atoms. The summed E-state index contributed by atoms with van der Waals surface area (Å²) >= 11 is 0. The summed E-state index contributed by atoms with van der Waals surface area (Å²) in [5.41, 5.74) is 1.97. The maximum atomic E-state index is 5.10. The predicted octanol–water partition coefficient (Wildman–Crippen LogP) is 3.16. The fourth-order valence-corrected chi connectivity index (χ4v) is 4.57. The Bertz CT molecular complexity index is 477. The SMILES string of the molecule is COCCn1cc(NC2C(C)(C)[C@H]3CC[C@]2(C)C3)cn1. The minimum atomic E-state index is 0.377. The van der Waals surface area contributed by atoms with Gasteiger partial charge in [-0.15, -0.1) is 0 Å². The Morgan fingerprint density at radius 1 is 1.45 bits per heavy atom. The third kappa shape index (κ3) is 2.14. The first-order valence-corrected chi connectivity index (χ1v) is 7.74. The second-order valence-electron chi connectivity index (χ2n) is 7.48. The van der Waals surface area contributed by atoms with Crippen molar-refractivity contribution in [1.29, 1.82) is 0 Å². The van der Waals surface area contributed by atoms with E-state index in [1.54, 1.807) is 7.11 Å². The summed E-state index contributed by atoms with van der Waals surface area (Å²) < 4.78 is 7.05. The normalized spacial score (nSPS) is 34.6. The van der Waals surface area contributed by atoms with Gasteiger partial charge in [-0.25, -0.2) is 0 Å². The van der Waals surface area contributed by atoms with Gasteiger partial charge < -0.3 is 10.1 Å². The molecule has 0 saturated heterocycles. The number of fused-ring (bicyclic) bond motifs is 2. The van der Waals surface area contributed by atoms with Crippen LogP contribution < -0.4 is 5.32 Å². The van der Waals surface area contributed by atoms with Crippen LogP contribution in [0.3, 0.4) is 0 Å². The summed E-state index contributed by atoms with van der Waals surface area (Å²) in [4.78, 5) is 0. The lowest BCUT2D eigenvalue weighted by atomic mass is 9.68. The number of hydrogen-bond donors (Lipinski definition) is 1. The van der Waals surface area contributed by atoms with Gasteiger partial charge in [-0.05, 0) is 36.0 Å². The minimum Gasteiger partial charge on any atom is -0.383 e. The zero-order valence-electron chi connectivity index (χ0n) is 13.1. The zero-order valence-corrected chi connectivity index (χ0v) is 13.1. The van der Waals surface area contributed by atoms with Crippen molar-refractivity contribution >= 4 is 5.69 Å². The average Bonchev–Trinajstić information content (AvgIpc) is 3.04. The Hall–Kier alpha value is -1.03. The molecule has 2 fully saturated rings. The summed E-state index contributed by atoms with van der Waals surface area (Å²) in [5, 5.41) is 8.18. The van der Waals surface area contributed by atoms with Crippen molar-refractivity contribution in [1.82, 2.24) is 9.78 Å². The molecule has 0 radical (unpaired) electrons. The molecule has 0 aromatic carbocycles. The van der Waals surface area contributed by atoms with Gasteiger partial charge in [0.2, 0.25) is 0 Å². The van der Waals surface area contributed by atoms with Crippen LogP contribution in [0.25, 0.3) is 0 Å². The molecule has 3 atom stereocenters. The Kier molecular flexibility index (Phi) is 3.32. The number of ether oxygens (including phenoxy) is 1. The second-order valence-corrected chi connectivity index (χ2v) is 7.48. The lowest BCUT2D eigenvalue weighted by Gasteiger charge is -2.43. The fourth-order valence-electron chi connectivity index (χ4n) is 4.57. The van der Waals surface area contributed by atoms with Crippen molar-refractivity contribution < 1.29 is 4.74 Å². The Balaban J connectivity index is 1.72. The van der Waals surface area contributed by atoms with Crippen LogP contribution in [0, 0.1) is 16.7 Å². The van der Waals surface area contributed by atoms with Gasteiger partial charge in [-0.2, -0.15) is 5.10 Å². The van der Waals surface area contributed by atoms with Crippen LogP contribution in [0.5, 0.6) is 0 Å². The van der Waals surface area contributed by atoms with Crippen LogP contribution in [0.2, 0.25) is 0 Å². The molecule has 2 bridgehead atoms. The Morgan fingerprint density at radius 2 is 2.25 bits per heavy atom. The molecule has 0 spiro atoms. The first-order chi connectivity index (χ1) is 9.45. The quantitative estimate of drug-likeness (QED) is 0.898. The highest BCUT2D eigenvalue weighted by Gasteiger charge is 2.59. The summed E-state index contributed by atoms with van der Waals surface area (Å²) in [7, 11) is 1.72. The van der Waals surface area contributed by atoms with E-state index in [-0.39, 0.29) is 0 Å². The molecule has 0 aliphatic heterocycles. The van der Waals surface area contributed by atoms with E-state index in [2.05, 4.69) is 37.4 Å². The largest absolute Gasteiger partial charge is 0.383 e. The van der Waals surface area contributed by atoms with Gasteiger partial charge in [-0.3, -0.25) is 4.68 Å². The summed E-state index contributed by atoms with van der Waals surface area (Å²) in [6.45, 7) is 8.82. The van der Waals surface area contributed by atoms with E-state index < -0.39 is 0 Å². The number of aromatic nitrogens is 2. The first-order valence-electron chi connectivity index (χ1n) is 7.74. The highest BCUT2D eigenvalue weighted by atomic mass is 16.5. The Morgan fingerprint density at radius 3 is 2.90 bits per heavy atom. The zero-order chi connectivity index (χ0) is 14.4. The van der Waals surface area contributed by atoms with E-state index in [0.29, 0.717) is 23.5 Å². The van der Waals surface area contributed by atoms with E-state index in [9.17, 15) is 0 Å². The molecule has 1 unspecified atom stereocenters. The fraction of sp³-hybridized carbons (Fsp3) is 0.812. The molecule has 1 heterocycles. The molecule has 2 aliphatic carbocycles. The molecule has 1 N–H and O–H groups in total. The maximum absolute atomic E-state index is 5.10. The van der Waals surface area contributed by atoms with Crippen LogP contribution in [0.1, 0.15) is 40.0 Å². The van der Waals surface area contributed by atoms with Crippen molar-refractivity contribution in [2.75, 3.05) is 19.0 Å². The van der Waals surface area contributed by atoms with Crippen LogP contribution in [-0.4, -0.2) is 29.5 Å². The third-order valence-electron chi connectivity index (χ3n) is 5.74. The van der Waals surface area contributed by atoms with E-state index >= 15 is 0 Å². The van der Waals surface area contributed by atoms with E-state index in [4.69, 9.17) is 4.74 Å². The molecule has 2 saturated carbocycles. The second kappa shape index (κ2) is 4.76.